The van der Waals surface area contributed by atoms with Crippen molar-refractivity contribution in [2.75, 3.05) is 13.7 Å². The Balaban J connectivity index is 1.64. The molecule has 2 fully saturated rings. The number of amides is 1. The lowest BCUT2D eigenvalue weighted by atomic mass is 9.87. The molecule has 10 heteroatoms. The van der Waals surface area contributed by atoms with Crippen molar-refractivity contribution in [2.45, 2.75) is 56.5 Å². The van der Waals surface area contributed by atoms with E-state index in [9.17, 15) is 31.1 Å². The van der Waals surface area contributed by atoms with E-state index in [1.165, 1.54) is 7.11 Å². The Kier molecular flexibility index (Phi) is 7.24. The largest absolute Gasteiger partial charge is 0.493 e. The van der Waals surface area contributed by atoms with Crippen molar-refractivity contribution in [3.8, 4) is 11.5 Å². The molecule has 1 aliphatic carbocycles. The molecule has 0 spiro atoms. The van der Waals surface area contributed by atoms with Gasteiger partial charge in [0.05, 0.1) is 24.3 Å². The van der Waals surface area contributed by atoms with Gasteiger partial charge in [0.25, 0.3) is 0 Å². The first-order chi connectivity index (χ1) is 16.9. The van der Waals surface area contributed by atoms with Gasteiger partial charge in [-0.2, -0.15) is 26.3 Å². The number of hydrogen-bond donors (Lipinski definition) is 1. The van der Waals surface area contributed by atoms with Crippen molar-refractivity contribution < 1.29 is 40.6 Å². The molecule has 0 aromatic heterocycles. The molecule has 1 amide bonds. The summed E-state index contributed by atoms with van der Waals surface area (Å²) in [5, 5.41) is 2.69. The quantitative estimate of drug-likeness (QED) is 0.356. The van der Waals surface area contributed by atoms with E-state index >= 15 is 0 Å². The molecule has 4 nitrogen and oxygen atoms in total. The molecule has 1 saturated heterocycles. The lowest BCUT2D eigenvalue weighted by Crippen LogP contribution is -2.35. The Bertz CT molecular complexity index is 1120. The van der Waals surface area contributed by atoms with Crippen LogP contribution in [0.25, 0.3) is 6.08 Å². The second-order valence-corrected chi connectivity index (χ2v) is 9.05. The van der Waals surface area contributed by atoms with Crippen LogP contribution in [-0.2, 0) is 17.1 Å². The van der Waals surface area contributed by atoms with Crippen LogP contribution in [0.1, 0.15) is 60.3 Å². The van der Waals surface area contributed by atoms with Gasteiger partial charge in [0.15, 0.2) is 11.5 Å². The first kappa shape index (κ1) is 25.9. The lowest BCUT2D eigenvalue weighted by molar-refractivity contribution is -0.143. The maximum atomic E-state index is 13.2. The van der Waals surface area contributed by atoms with Gasteiger partial charge in [-0.3, -0.25) is 4.79 Å². The van der Waals surface area contributed by atoms with Gasteiger partial charge in [0, 0.05) is 18.0 Å². The molecule has 1 heterocycles. The second-order valence-electron chi connectivity index (χ2n) is 9.05. The average molecular weight is 513 g/mol. The zero-order chi connectivity index (χ0) is 26.1. The number of hydrogen-bond acceptors (Lipinski definition) is 3. The van der Waals surface area contributed by atoms with Crippen molar-refractivity contribution >= 4 is 12.0 Å². The van der Waals surface area contributed by atoms with E-state index in [0.29, 0.717) is 23.6 Å². The number of benzene rings is 2. The molecule has 2 aliphatic rings. The van der Waals surface area contributed by atoms with Crippen molar-refractivity contribution in [1.29, 1.82) is 0 Å². The summed E-state index contributed by atoms with van der Waals surface area (Å²) >= 11 is 0. The Morgan fingerprint density at radius 3 is 2.14 bits per heavy atom. The molecule has 1 atom stereocenters. The van der Waals surface area contributed by atoms with Crippen LogP contribution < -0.4 is 14.8 Å². The minimum atomic E-state index is -4.97. The van der Waals surface area contributed by atoms with E-state index < -0.39 is 29.4 Å². The third-order valence-electron chi connectivity index (χ3n) is 6.47. The van der Waals surface area contributed by atoms with E-state index in [0.717, 1.165) is 37.3 Å². The molecule has 2 aromatic rings. The summed E-state index contributed by atoms with van der Waals surface area (Å²) in [5.74, 6) is 0.341. The van der Waals surface area contributed by atoms with E-state index in [1.54, 1.807) is 6.07 Å². The summed E-state index contributed by atoms with van der Waals surface area (Å²) in [6.07, 6.45) is -4.58. The Morgan fingerprint density at radius 1 is 0.917 bits per heavy atom. The topological polar surface area (TPSA) is 47.6 Å². The van der Waals surface area contributed by atoms with Crippen LogP contribution in [0, 0.1) is 0 Å². The Morgan fingerprint density at radius 2 is 1.56 bits per heavy atom. The third kappa shape index (κ3) is 5.96. The number of carbonyl (C=O) groups excluding carboxylic acids is 1. The van der Waals surface area contributed by atoms with Crippen LogP contribution in [-0.4, -0.2) is 25.7 Å². The highest BCUT2D eigenvalue weighted by atomic mass is 19.4. The van der Waals surface area contributed by atoms with Crippen molar-refractivity contribution in [2.24, 2.45) is 0 Å². The lowest BCUT2D eigenvalue weighted by Gasteiger charge is -2.26. The standard InChI is InChI=1S/C26H25F6NO3/c1-35-22-7-6-16(12-23(22)36-21-4-2-3-5-21)18-11-17(24(34)33-14-18)8-15-9-19(25(27,28)29)13-20(10-15)26(30,31)32/h6-10,12-13,18,21H,2-5,11,14H2,1H3,(H,33,34). The summed E-state index contributed by atoms with van der Waals surface area (Å²) in [6.45, 7) is 0.266. The normalized spacial score (nSPS) is 20.5. The van der Waals surface area contributed by atoms with Gasteiger partial charge >= 0.3 is 12.4 Å². The number of carbonyl (C=O) groups is 1. The molecule has 1 N–H and O–H groups in total. The predicted molar refractivity (Wildman–Crippen MR) is 121 cm³/mol. The third-order valence-corrected chi connectivity index (χ3v) is 6.47. The molecular weight excluding hydrogens is 488 g/mol. The molecule has 36 heavy (non-hydrogen) atoms. The second kappa shape index (κ2) is 10.1. The average Bonchev–Trinajstić information content (AvgIpc) is 3.32. The van der Waals surface area contributed by atoms with E-state index in [-0.39, 0.29) is 42.2 Å². The molecule has 1 aliphatic heterocycles. The SMILES string of the molecule is COc1ccc(C2CNC(=O)C(=Cc3cc(C(F)(F)F)cc(C(F)(F)F)c3)C2)cc1OC1CCCC1. The fraction of sp³-hybridized carbons (Fsp3) is 0.423. The summed E-state index contributed by atoms with van der Waals surface area (Å²) in [4.78, 5) is 12.5. The fourth-order valence-corrected chi connectivity index (χ4v) is 4.61. The van der Waals surface area contributed by atoms with Crippen LogP contribution in [0.5, 0.6) is 11.5 Å². The molecule has 4 rings (SSSR count). The number of ether oxygens (including phenoxy) is 2. The van der Waals surface area contributed by atoms with Crippen molar-refractivity contribution in [3.63, 3.8) is 0 Å². The van der Waals surface area contributed by atoms with E-state index in [1.807, 2.05) is 12.1 Å². The van der Waals surface area contributed by atoms with Crippen LogP contribution >= 0.6 is 0 Å². The van der Waals surface area contributed by atoms with Gasteiger partial charge in [-0.25, -0.2) is 0 Å². The zero-order valence-corrected chi connectivity index (χ0v) is 19.4. The van der Waals surface area contributed by atoms with Gasteiger partial charge in [-0.05, 0) is 79.6 Å². The zero-order valence-electron chi connectivity index (χ0n) is 19.4. The highest BCUT2D eigenvalue weighted by Crippen LogP contribution is 2.39. The van der Waals surface area contributed by atoms with Gasteiger partial charge < -0.3 is 14.8 Å². The summed E-state index contributed by atoms with van der Waals surface area (Å²) in [6, 6.07) is 6.67. The van der Waals surface area contributed by atoms with Crippen LogP contribution in [0.2, 0.25) is 0 Å². The maximum Gasteiger partial charge on any atom is 0.416 e. The predicted octanol–water partition coefficient (Wildman–Crippen LogP) is 6.74. The van der Waals surface area contributed by atoms with Crippen molar-refractivity contribution in [3.05, 3.63) is 64.2 Å². The molecule has 0 radical (unpaired) electrons. The fourth-order valence-electron chi connectivity index (χ4n) is 4.61. The van der Waals surface area contributed by atoms with Gasteiger partial charge in [0.1, 0.15) is 0 Å². The van der Waals surface area contributed by atoms with Crippen LogP contribution in [0.15, 0.2) is 42.0 Å². The number of methoxy groups -OCH3 is 1. The molecule has 1 saturated carbocycles. The maximum absolute atomic E-state index is 13.2. The highest BCUT2D eigenvalue weighted by molar-refractivity contribution is 5.98. The van der Waals surface area contributed by atoms with Gasteiger partial charge in [-0.1, -0.05) is 6.07 Å². The number of halogens is 6. The first-order valence-electron chi connectivity index (χ1n) is 11.6. The van der Waals surface area contributed by atoms with Crippen LogP contribution in [0.3, 0.4) is 0 Å². The summed E-state index contributed by atoms with van der Waals surface area (Å²) in [7, 11) is 1.53. The number of nitrogens with one attached hydrogen (secondary N) is 1. The van der Waals surface area contributed by atoms with Gasteiger partial charge in [-0.15, -0.1) is 0 Å². The van der Waals surface area contributed by atoms with E-state index in [2.05, 4.69) is 5.32 Å². The minimum Gasteiger partial charge on any atom is -0.493 e. The molecule has 0 bridgehead atoms. The van der Waals surface area contributed by atoms with Crippen molar-refractivity contribution in [1.82, 2.24) is 5.32 Å². The number of alkyl halides is 6. The minimum absolute atomic E-state index is 0.0645. The molecule has 2 aromatic carbocycles. The molecule has 194 valence electrons. The first-order valence-corrected chi connectivity index (χ1v) is 11.6. The van der Waals surface area contributed by atoms with Crippen LogP contribution in [0.4, 0.5) is 26.3 Å². The Hall–Kier alpha value is -3.17. The summed E-state index contributed by atoms with van der Waals surface area (Å²) in [5.41, 5.74) is -2.30. The Labute approximate surface area is 204 Å². The summed E-state index contributed by atoms with van der Waals surface area (Å²) < 4.78 is 90.9. The number of rotatable bonds is 5. The molecular formula is C26H25F6NO3. The number of piperidine rings is 1. The monoisotopic (exact) mass is 513 g/mol. The smallest absolute Gasteiger partial charge is 0.416 e. The van der Waals surface area contributed by atoms with E-state index in [4.69, 9.17) is 9.47 Å². The van der Waals surface area contributed by atoms with Gasteiger partial charge in [0.2, 0.25) is 5.91 Å². The highest BCUT2D eigenvalue weighted by Gasteiger charge is 2.37. The molecule has 1 unspecified atom stereocenters.